The molecule has 0 amide bonds. The molecule has 104 valence electrons. The van der Waals surface area contributed by atoms with Crippen LogP contribution in [0.5, 0.6) is 11.5 Å². The topological polar surface area (TPSA) is 65.0 Å². The number of hydrogen-bond donors (Lipinski definition) is 1. The van der Waals surface area contributed by atoms with Crippen molar-refractivity contribution >= 4 is 21.9 Å². The van der Waals surface area contributed by atoms with Crippen LogP contribution in [0, 0.1) is 6.92 Å². The number of aliphatic hydroxyl groups is 1. The van der Waals surface area contributed by atoms with Crippen molar-refractivity contribution in [2.75, 3.05) is 19.8 Å². The Balaban J connectivity index is 2.41. The molecule has 19 heavy (non-hydrogen) atoms. The van der Waals surface area contributed by atoms with Crippen molar-refractivity contribution in [1.82, 2.24) is 0 Å². The highest BCUT2D eigenvalue weighted by Gasteiger charge is 2.26. The Hall–Kier alpha value is -1.27. The molecular formula is C13H15BrO5. The smallest absolute Gasteiger partial charge is 0.339 e. The molecular weight excluding hydrogens is 316 g/mol. The van der Waals surface area contributed by atoms with Crippen molar-refractivity contribution in [2.24, 2.45) is 0 Å². The summed E-state index contributed by atoms with van der Waals surface area (Å²) in [7, 11) is 0. The number of benzene rings is 1. The second-order valence-corrected chi connectivity index (χ2v) is 4.88. The van der Waals surface area contributed by atoms with Crippen LogP contribution < -0.4 is 9.47 Å². The third-order valence-corrected chi connectivity index (χ3v) is 3.82. The van der Waals surface area contributed by atoms with Crippen LogP contribution in [0.2, 0.25) is 0 Å². The van der Waals surface area contributed by atoms with Gasteiger partial charge in [-0.3, -0.25) is 0 Å². The first-order chi connectivity index (χ1) is 9.06. The molecule has 2 rings (SSSR count). The third kappa shape index (κ3) is 2.69. The predicted molar refractivity (Wildman–Crippen MR) is 71.5 cm³/mol. The van der Waals surface area contributed by atoms with E-state index in [-0.39, 0.29) is 6.61 Å². The van der Waals surface area contributed by atoms with Gasteiger partial charge in [0.25, 0.3) is 0 Å². The highest BCUT2D eigenvalue weighted by Crippen LogP contribution is 2.42. The van der Waals surface area contributed by atoms with E-state index in [4.69, 9.17) is 14.2 Å². The van der Waals surface area contributed by atoms with E-state index in [1.807, 2.05) is 0 Å². The first-order valence-electron chi connectivity index (χ1n) is 5.99. The SMILES string of the molecule is CCOC(=O)C(O)c1cc2c(c(Br)c1C)OCCO2. The van der Waals surface area contributed by atoms with E-state index >= 15 is 0 Å². The Morgan fingerprint density at radius 1 is 1.53 bits per heavy atom. The molecule has 0 saturated carbocycles. The maximum absolute atomic E-state index is 11.6. The fraction of sp³-hybridized carbons (Fsp3) is 0.462. The molecule has 1 aromatic carbocycles. The Morgan fingerprint density at radius 2 is 2.21 bits per heavy atom. The van der Waals surface area contributed by atoms with Gasteiger partial charge in [-0.1, -0.05) is 0 Å². The minimum atomic E-state index is -1.33. The van der Waals surface area contributed by atoms with Crippen LogP contribution in [0.4, 0.5) is 0 Å². The number of aliphatic hydroxyl groups excluding tert-OH is 1. The van der Waals surface area contributed by atoms with Gasteiger partial charge in [0.05, 0.1) is 11.1 Å². The van der Waals surface area contributed by atoms with E-state index in [1.165, 1.54) is 0 Å². The minimum Gasteiger partial charge on any atom is -0.486 e. The van der Waals surface area contributed by atoms with E-state index in [0.717, 1.165) is 5.56 Å². The van der Waals surface area contributed by atoms with Gasteiger partial charge in [-0.15, -0.1) is 0 Å². The Kier molecular flexibility index (Phi) is 4.31. The summed E-state index contributed by atoms with van der Waals surface area (Å²) in [5.74, 6) is 0.444. The maximum Gasteiger partial charge on any atom is 0.339 e. The quantitative estimate of drug-likeness (QED) is 0.860. The standard InChI is InChI=1S/C13H15BrO5/c1-3-17-13(16)11(15)8-6-9-12(10(14)7(8)2)19-5-4-18-9/h6,11,15H,3-5H2,1-2H3. The molecule has 0 fully saturated rings. The first-order valence-corrected chi connectivity index (χ1v) is 6.78. The monoisotopic (exact) mass is 330 g/mol. The summed E-state index contributed by atoms with van der Waals surface area (Å²) < 4.78 is 16.5. The third-order valence-electron chi connectivity index (χ3n) is 2.86. The average Bonchev–Trinajstić information content (AvgIpc) is 2.42. The fourth-order valence-corrected chi connectivity index (χ4v) is 2.43. The first kappa shape index (κ1) is 14.1. The van der Waals surface area contributed by atoms with Crippen molar-refractivity contribution in [3.8, 4) is 11.5 Å². The van der Waals surface area contributed by atoms with E-state index in [2.05, 4.69) is 15.9 Å². The molecule has 5 nitrogen and oxygen atoms in total. The summed E-state index contributed by atoms with van der Waals surface area (Å²) in [6.45, 7) is 4.63. The average molecular weight is 331 g/mol. The van der Waals surface area contributed by atoms with Crippen LogP contribution in [0.15, 0.2) is 10.5 Å². The van der Waals surface area contributed by atoms with Gasteiger partial charge in [-0.05, 0) is 47.0 Å². The summed E-state index contributed by atoms with van der Waals surface area (Å²) in [5.41, 5.74) is 1.18. The van der Waals surface area contributed by atoms with Crippen molar-refractivity contribution in [3.63, 3.8) is 0 Å². The second-order valence-electron chi connectivity index (χ2n) is 4.08. The lowest BCUT2D eigenvalue weighted by Crippen LogP contribution is -2.19. The van der Waals surface area contributed by atoms with Gasteiger partial charge >= 0.3 is 5.97 Å². The van der Waals surface area contributed by atoms with E-state index in [9.17, 15) is 9.90 Å². The Labute approximate surface area is 119 Å². The number of fused-ring (bicyclic) bond motifs is 1. The number of rotatable bonds is 3. The molecule has 0 aromatic heterocycles. The zero-order valence-electron chi connectivity index (χ0n) is 10.7. The van der Waals surface area contributed by atoms with Gasteiger partial charge in [-0.2, -0.15) is 0 Å². The van der Waals surface area contributed by atoms with Gasteiger partial charge in [0, 0.05) is 0 Å². The number of carbonyl (C=O) groups is 1. The number of esters is 1. The summed E-state index contributed by atoms with van der Waals surface area (Å²) in [6.07, 6.45) is -1.33. The zero-order valence-corrected chi connectivity index (χ0v) is 12.3. The number of carbonyl (C=O) groups excluding carboxylic acids is 1. The van der Waals surface area contributed by atoms with Crippen LogP contribution in [0.3, 0.4) is 0 Å². The fourth-order valence-electron chi connectivity index (χ4n) is 1.89. The molecule has 1 aliphatic rings. The largest absolute Gasteiger partial charge is 0.486 e. The van der Waals surface area contributed by atoms with Crippen molar-refractivity contribution in [1.29, 1.82) is 0 Å². The normalized spacial score (nSPS) is 14.9. The number of hydrogen-bond acceptors (Lipinski definition) is 5. The molecule has 0 bridgehead atoms. The maximum atomic E-state index is 11.6. The number of ether oxygens (including phenoxy) is 3. The van der Waals surface area contributed by atoms with Crippen molar-refractivity contribution in [2.45, 2.75) is 20.0 Å². The Morgan fingerprint density at radius 3 is 2.89 bits per heavy atom. The summed E-state index contributed by atoms with van der Waals surface area (Å²) >= 11 is 3.40. The van der Waals surface area contributed by atoms with Crippen molar-refractivity contribution in [3.05, 3.63) is 21.7 Å². The van der Waals surface area contributed by atoms with E-state index in [1.54, 1.807) is 19.9 Å². The van der Waals surface area contributed by atoms with E-state index in [0.29, 0.717) is 34.7 Å². The summed E-state index contributed by atoms with van der Waals surface area (Å²) in [4.78, 5) is 11.6. The molecule has 1 atom stereocenters. The molecule has 6 heteroatoms. The highest BCUT2D eigenvalue weighted by atomic mass is 79.9. The molecule has 1 aromatic rings. The van der Waals surface area contributed by atoms with Crippen LogP contribution in [-0.2, 0) is 9.53 Å². The summed E-state index contributed by atoms with van der Waals surface area (Å²) in [5, 5.41) is 10.0. The molecule has 1 N–H and O–H groups in total. The highest BCUT2D eigenvalue weighted by molar-refractivity contribution is 9.10. The molecule has 1 heterocycles. The predicted octanol–water partition coefficient (Wildman–Crippen LogP) is 2.13. The van der Waals surface area contributed by atoms with Crippen LogP contribution >= 0.6 is 15.9 Å². The van der Waals surface area contributed by atoms with Gasteiger partial charge < -0.3 is 19.3 Å². The lowest BCUT2D eigenvalue weighted by Gasteiger charge is -2.23. The van der Waals surface area contributed by atoms with Crippen LogP contribution in [0.25, 0.3) is 0 Å². The molecule has 0 aliphatic carbocycles. The zero-order chi connectivity index (χ0) is 14.0. The molecule has 0 spiro atoms. The van der Waals surface area contributed by atoms with Crippen molar-refractivity contribution < 1.29 is 24.1 Å². The molecule has 1 aliphatic heterocycles. The van der Waals surface area contributed by atoms with Crippen LogP contribution in [0.1, 0.15) is 24.2 Å². The summed E-state index contributed by atoms with van der Waals surface area (Å²) in [6, 6.07) is 1.62. The van der Waals surface area contributed by atoms with Gasteiger partial charge in [-0.25, -0.2) is 4.79 Å². The van der Waals surface area contributed by atoms with Gasteiger partial charge in [0.15, 0.2) is 17.6 Å². The van der Waals surface area contributed by atoms with E-state index < -0.39 is 12.1 Å². The molecule has 0 saturated heterocycles. The Bertz CT molecular complexity index is 500. The minimum absolute atomic E-state index is 0.223. The number of halogens is 1. The lowest BCUT2D eigenvalue weighted by atomic mass is 10.0. The molecule has 1 unspecified atom stereocenters. The molecule has 0 radical (unpaired) electrons. The van der Waals surface area contributed by atoms with Gasteiger partial charge in [0.2, 0.25) is 0 Å². The second kappa shape index (κ2) is 5.79. The van der Waals surface area contributed by atoms with Gasteiger partial charge in [0.1, 0.15) is 13.2 Å². The lowest BCUT2D eigenvalue weighted by molar-refractivity contribution is -0.153. The van der Waals surface area contributed by atoms with Crippen LogP contribution in [-0.4, -0.2) is 30.9 Å².